The molecule has 1 amide bonds. The highest BCUT2D eigenvalue weighted by molar-refractivity contribution is 6.10. The fourth-order valence-corrected chi connectivity index (χ4v) is 4.17. The maximum Gasteiger partial charge on any atom is 0.260 e. The van der Waals surface area contributed by atoms with Gasteiger partial charge in [0.1, 0.15) is 29.5 Å². The number of amides is 1. The topological polar surface area (TPSA) is 110 Å². The minimum absolute atomic E-state index is 0.0871. The first-order valence-electron chi connectivity index (χ1n) is 11.5. The van der Waals surface area contributed by atoms with Crippen LogP contribution in [0.25, 0.3) is 17.3 Å². The molecule has 11 nitrogen and oxygen atoms in total. The highest BCUT2D eigenvalue weighted by atomic mass is 16.2. The Bertz CT molecular complexity index is 1390. The molecule has 35 heavy (non-hydrogen) atoms. The number of nitrogens with zero attached hydrogens (tertiary/aromatic N) is 9. The van der Waals surface area contributed by atoms with Crippen LogP contribution in [0, 0.1) is 0 Å². The zero-order valence-corrected chi connectivity index (χ0v) is 20.5. The van der Waals surface area contributed by atoms with E-state index in [-0.39, 0.29) is 11.9 Å². The summed E-state index contributed by atoms with van der Waals surface area (Å²) in [5, 5.41) is 15.8. The molecule has 0 aromatic carbocycles. The van der Waals surface area contributed by atoms with Crippen molar-refractivity contribution in [3.8, 4) is 17.3 Å². The van der Waals surface area contributed by atoms with E-state index < -0.39 is 0 Å². The van der Waals surface area contributed by atoms with Gasteiger partial charge in [0.2, 0.25) is 0 Å². The molecule has 0 unspecified atom stereocenters. The lowest BCUT2D eigenvalue weighted by atomic mass is 10.1. The molecule has 0 fully saturated rings. The number of pyridine rings is 2. The molecule has 0 saturated heterocycles. The van der Waals surface area contributed by atoms with E-state index in [4.69, 9.17) is 9.97 Å². The van der Waals surface area contributed by atoms with E-state index >= 15 is 0 Å². The van der Waals surface area contributed by atoms with E-state index in [1.807, 2.05) is 56.0 Å². The lowest BCUT2D eigenvalue weighted by molar-refractivity contribution is 0.0996. The molecule has 0 radical (unpaired) electrons. The summed E-state index contributed by atoms with van der Waals surface area (Å²) in [5.41, 5.74) is 3.07. The summed E-state index contributed by atoms with van der Waals surface area (Å²) in [6, 6.07) is 9.59. The highest BCUT2D eigenvalue weighted by Crippen LogP contribution is 2.32. The van der Waals surface area contributed by atoms with Crippen LogP contribution in [0.5, 0.6) is 0 Å². The molecule has 4 aromatic rings. The number of rotatable bonds is 7. The van der Waals surface area contributed by atoms with Gasteiger partial charge in [-0.3, -0.25) is 18.9 Å². The number of fused-ring (bicyclic) bond motifs is 1. The Morgan fingerprint density at radius 2 is 2.03 bits per heavy atom. The summed E-state index contributed by atoms with van der Waals surface area (Å²) < 4.78 is 3.56. The lowest BCUT2D eigenvalue weighted by Crippen LogP contribution is -2.27. The Morgan fingerprint density at radius 3 is 2.74 bits per heavy atom. The summed E-state index contributed by atoms with van der Waals surface area (Å²) >= 11 is 0. The molecule has 1 N–H and O–H groups in total. The van der Waals surface area contributed by atoms with Crippen molar-refractivity contribution in [2.75, 3.05) is 23.9 Å². The van der Waals surface area contributed by atoms with Crippen LogP contribution in [-0.2, 0) is 20.1 Å². The molecule has 1 aliphatic heterocycles. The fraction of sp³-hybridized carbons (Fsp3) is 0.333. The minimum Gasteiger partial charge on any atom is -0.357 e. The number of aromatic nitrogens is 7. The molecule has 180 valence electrons. The molecular weight excluding hydrogens is 444 g/mol. The van der Waals surface area contributed by atoms with E-state index in [0.29, 0.717) is 36.0 Å². The number of hydrogen-bond acceptors (Lipinski definition) is 8. The monoisotopic (exact) mass is 472 g/mol. The second kappa shape index (κ2) is 8.91. The first-order chi connectivity index (χ1) is 16.9. The molecule has 4 aromatic heterocycles. The van der Waals surface area contributed by atoms with Gasteiger partial charge in [0.15, 0.2) is 5.82 Å². The van der Waals surface area contributed by atoms with Gasteiger partial charge in [-0.25, -0.2) is 9.97 Å². The first kappa shape index (κ1) is 22.7. The van der Waals surface area contributed by atoms with E-state index in [0.717, 1.165) is 22.9 Å². The van der Waals surface area contributed by atoms with E-state index in [9.17, 15) is 4.79 Å². The SMILES string of the molecule is CNCc1nc(N(C)C(C)C)cc2c1CN(c1cccc(-c3nncn3-c3ccnn3C)n1)C2=O. The van der Waals surface area contributed by atoms with Crippen LogP contribution in [0.15, 0.2) is 42.9 Å². The van der Waals surface area contributed by atoms with Gasteiger partial charge in [-0.05, 0) is 39.1 Å². The highest BCUT2D eigenvalue weighted by Gasteiger charge is 2.33. The van der Waals surface area contributed by atoms with Crippen LogP contribution < -0.4 is 15.1 Å². The van der Waals surface area contributed by atoms with Crippen LogP contribution in [0.3, 0.4) is 0 Å². The molecule has 0 bridgehead atoms. The number of carbonyl (C=O) groups is 1. The molecule has 0 spiro atoms. The van der Waals surface area contributed by atoms with Gasteiger partial charge in [0.05, 0.1) is 24.0 Å². The van der Waals surface area contributed by atoms with Crippen LogP contribution in [0.1, 0.15) is 35.5 Å². The zero-order valence-electron chi connectivity index (χ0n) is 20.5. The molecule has 11 heteroatoms. The van der Waals surface area contributed by atoms with Gasteiger partial charge >= 0.3 is 0 Å². The molecule has 5 rings (SSSR count). The Balaban J connectivity index is 1.52. The van der Waals surface area contributed by atoms with Crippen molar-refractivity contribution in [1.29, 1.82) is 0 Å². The predicted molar refractivity (Wildman–Crippen MR) is 132 cm³/mol. The van der Waals surface area contributed by atoms with Gasteiger partial charge < -0.3 is 10.2 Å². The Kier molecular flexibility index (Phi) is 5.77. The van der Waals surface area contributed by atoms with Crippen molar-refractivity contribution in [1.82, 2.24) is 39.8 Å². The predicted octanol–water partition coefficient (Wildman–Crippen LogP) is 2.18. The Labute approximate surface area is 203 Å². The summed E-state index contributed by atoms with van der Waals surface area (Å²) in [4.78, 5) is 27.0. The van der Waals surface area contributed by atoms with Crippen molar-refractivity contribution in [2.45, 2.75) is 33.0 Å². The average molecular weight is 473 g/mol. The molecule has 1 aliphatic rings. The largest absolute Gasteiger partial charge is 0.357 e. The normalized spacial score (nSPS) is 13.1. The van der Waals surface area contributed by atoms with Gasteiger partial charge in [0, 0.05) is 38.3 Å². The summed E-state index contributed by atoms with van der Waals surface area (Å²) in [5.74, 6) is 2.63. The number of hydrogen-bond donors (Lipinski definition) is 1. The Morgan fingerprint density at radius 1 is 1.20 bits per heavy atom. The van der Waals surface area contributed by atoms with Gasteiger partial charge in [-0.1, -0.05) is 6.07 Å². The lowest BCUT2D eigenvalue weighted by Gasteiger charge is -2.24. The standard InChI is InChI=1S/C24H28N10O/c1-15(2)31(4)21-11-16-17(19(29-21)12-25-3)13-33(24(16)35)20-8-6-7-18(28-20)23-30-26-14-34(23)22-9-10-27-32(22)5/h6-11,14-15,25H,12-13H2,1-5H3. The van der Waals surface area contributed by atoms with E-state index in [2.05, 4.69) is 39.4 Å². The second-order valence-corrected chi connectivity index (χ2v) is 8.80. The van der Waals surface area contributed by atoms with Crippen molar-refractivity contribution < 1.29 is 4.79 Å². The van der Waals surface area contributed by atoms with Crippen LogP contribution in [0.2, 0.25) is 0 Å². The molecule has 0 saturated carbocycles. The van der Waals surface area contributed by atoms with Crippen molar-refractivity contribution >= 4 is 17.5 Å². The van der Waals surface area contributed by atoms with Crippen molar-refractivity contribution in [3.63, 3.8) is 0 Å². The molecule has 0 aliphatic carbocycles. The quantitative estimate of drug-likeness (QED) is 0.436. The summed E-state index contributed by atoms with van der Waals surface area (Å²) in [6.45, 7) is 5.18. The second-order valence-electron chi connectivity index (χ2n) is 8.80. The Hall–Kier alpha value is -4.12. The molecule has 5 heterocycles. The zero-order chi connectivity index (χ0) is 24.7. The van der Waals surface area contributed by atoms with Gasteiger partial charge in [0.25, 0.3) is 5.91 Å². The van der Waals surface area contributed by atoms with Crippen LogP contribution in [0.4, 0.5) is 11.6 Å². The number of nitrogens with one attached hydrogen (secondary N) is 1. The summed E-state index contributed by atoms with van der Waals surface area (Å²) in [6.07, 6.45) is 3.34. The number of anilines is 2. The fourth-order valence-electron chi connectivity index (χ4n) is 4.17. The van der Waals surface area contributed by atoms with E-state index in [1.54, 1.807) is 22.1 Å². The first-order valence-corrected chi connectivity index (χ1v) is 11.5. The summed E-state index contributed by atoms with van der Waals surface area (Å²) in [7, 11) is 5.72. The number of aryl methyl sites for hydroxylation is 1. The number of carbonyl (C=O) groups excluding carboxylic acids is 1. The third kappa shape index (κ3) is 3.93. The molecular formula is C24H28N10O. The van der Waals surface area contributed by atoms with Crippen LogP contribution >= 0.6 is 0 Å². The van der Waals surface area contributed by atoms with Gasteiger partial charge in [-0.15, -0.1) is 10.2 Å². The van der Waals surface area contributed by atoms with Crippen molar-refractivity contribution in [2.24, 2.45) is 7.05 Å². The van der Waals surface area contributed by atoms with Crippen molar-refractivity contribution in [3.05, 3.63) is 59.7 Å². The minimum atomic E-state index is -0.0871. The maximum absolute atomic E-state index is 13.6. The third-order valence-corrected chi connectivity index (χ3v) is 6.30. The third-order valence-electron chi connectivity index (χ3n) is 6.30. The smallest absolute Gasteiger partial charge is 0.260 e. The molecule has 0 atom stereocenters. The maximum atomic E-state index is 13.6. The van der Waals surface area contributed by atoms with Crippen LogP contribution in [-0.4, -0.2) is 60.6 Å². The van der Waals surface area contributed by atoms with E-state index in [1.165, 1.54) is 0 Å². The van der Waals surface area contributed by atoms with Gasteiger partial charge in [-0.2, -0.15) is 5.10 Å². The average Bonchev–Trinajstić information content (AvgIpc) is 3.57.